The summed E-state index contributed by atoms with van der Waals surface area (Å²) in [5.74, 6) is 2.02. The second kappa shape index (κ2) is 14.2. The van der Waals surface area contributed by atoms with Crippen LogP contribution < -0.4 is 4.74 Å². The number of ether oxygens (including phenoxy) is 1. The van der Waals surface area contributed by atoms with Gasteiger partial charge in [0.05, 0.1) is 12.6 Å². The molecular weight excluding hydrogens is 508 g/mol. The van der Waals surface area contributed by atoms with Gasteiger partial charge in [0.2, 0.25) is 0 Å². The third-order valence-corrected chi connectivity index (χ3v) is 8.50. The molecular formula is C35H50N4O2. The van der Waals surface area contributed by atoms with Gasteiger partial charge in [-0.1, -0.05) is 46.3 Å². The Labute approximate surface area is 247 Å². The molecule has 0 unspecified atom stereocenters. The van der Waals surface area contributed by atoms with Gasteiger partial charge < -0.3 is 9.64 Å². The fourth-order valence-corrected chi connectivity index (χ4v) is 5.78. The standard InChI is InChI=1S/C35H50N4O2/c1-25(2)17-21-37(22-18-26(3)4)35(40)30-19-23-39-33(24-30)32(12-9-20-38-27(5)10-8-11-28(38)6)34(36-39)29-13-15-31(41-7)16-14-29/h9,12-16,19,23-28H,8,10-11,17-18,20-22H2,1-7H3/b12-9+/t27-,28+. The van der Waals surface area contributed by atoms with Crippen LogP contribution in [0.3, 0.4) is 0 Å². The van der Waals surface area contributed by atoms with Crippen LogP contribution in [0.1, 0.15) is 89.6 Å². The van der Waals surface area contributed by atoms with Gasteiger partial charge in [-0.25, -0.2) is 4.52 Å². The summed E-state index contributed by atoms with van der Waals surface area (Å²) < 4.78 is 7.30. The van der Waals surface area contributed by atoms with E-state index in [2.05, 4.69) is 70.7 Å². The lowest BCUT2D eigenvalue weighted by Gasteiger charge is -2.38. The summed E-state index contributed by atoms with van der Waals surface area (Å²) in [5.41, 5.74) is 4.64. The summed E-state index contributed by atoms with van der Waals surface area (Å²) in [7, 11) is 1.68. The molecule has 6 nitrogen and oxygen atoms in total. The number of aromatic nitrogens is 2. The second-order valence-electron chi connectivity index (χ2n) is 12.6. The van der Waals surface area contributed by atoms with Crippen molar-refractivity contribution < 1.29 is 9.53 Å². The number of rotatable bonds is 12. The van der Waals surface area contributed by atoms with Crippen LogP contribution >= 0.6 is 0 Å². The SMILES string of the molecule is COc1ccc(-c2nn3ccc(C(=O)N(CCC(C)C)CCC(C)C)cc3c2/C=C/CN2[C@H](C)CCC[C@@H]2C)cc1. The first-order chi connectivity index (χ1) is 19.7. The van der Waals surface area contributed by atoms with Gasteiger partial charge in [0, 0.05) is 54.6 Å². The second-order valence-corrected chi connectivity index (χ2v) is 12.6. The van der Waals surface area contributed by atoms with Gasteiger partial charge >= 0.3 is 0 Å². The van der Waals surface area contributed by atoms with Gasteiger partial charge in [0.15, 0.2) is 0 Å². The van der Waals surface area contributed by atoms with Crippen molar-refractivity contribution in [2.24, 2.45) is 11.8 Å². The Balaban J connectivity index is 1.71. The molecule has 2 aromatic heterocycles. The van der Waals surface area contributed by atoms with E-state index in [1.54, 1.807) is 7.11 Å². The number of piperidine rings is 1. The van der Waals surface area contributed by atoms with Crippen LogP contribution in [0.2, 0.25) is 0 Å². The number of fused-ring (bicyclic) bond motifs is 1. The molecule has 1 aliphatic heterocycles. The van der Waals surface area contributed by atoms with Crippen molar-refractivity contribution in [2.75, 3.05) is 26.7 Å². The van der Waals surface area contributed by atoms with E-state index in [9.17, 15) is 4.79 Å². The predicted molar refractivity (Wildman–Crippen MR) is 171 cm³/mol. The Morgan fingerprint density at radius 3 is 2.24 bits per heavy atom. The Morgan fingerprint density at radius 1 is 1.02 bits per heavy atom. The Morgan fingerprint density at radius 2 is 1.66 bits per heavy atom. The molecule has 1 saturated heterocycles. The van der Waals surface area contributed by atoms with E-state index < -0.39 is 0 Å². The highest BCUT2D eigenvalue weighted by Gasteiger charge is 2.24. The first kappa shape index (κ1) is 30.8. The summed E-state index contributed by atoms with van der Waals surface area (Å²) >= 11 is 0. The molecule has 3 aromatic rings. The molecule has 0 N–H and O–H groups in total. The molecule has 1 aromatic carbocycles. The zero-order valence-corrected chi connectivity index (χ0v) is 26.3. The third kappa shape index (κ3) is 7.79. The quantitative estimate of drug-likeness (QED) is 0.227. The van der Waals surface area contributed by atoms with Gasteiger partial charge in [0.1, 0.15) is 11.4 Å². The molecule has 0 bridgehead atoms. The van der Waals surface area contributed by atoms with E-state index in [1.165, 1.54) is 19.3 Å². The van der Waals surface area contributed by atoms with Crippen LogP contribution in [0, 0.1) is 11.8 Å². The van der Waals surface area contributed by atoms with E-state index in [1.807, 2.05) is 39.9 Å². The number of hydrogen-bond acceptors (Lipinski definition) is 4. The first-order valence-electron chi connectivity index (χ1n) is 15.6. The molecule has 0 radical (unpaired) electrons. The lowest BCUT2D eigenvalue weighted by Crippen LogP contribution is -2.43. The fraction of sp³-hybridized carbons (Fsp3) is 0.543. The zero-order chi connectivity index (χ0) is 29.5. The lowest BCUT2D eigenvalue weighted by molar-refractivity contribution is 0.0741. The normalized spacial score (nSPS) is 18.2. The molecule has 4 rings (SSSR count). The van der Waals surface area contributed by atoms with E-state index in [0.29, 0.717) is 23.9 Å². The maximum Gasteiger partial charge on any atom is 0.253 e. The fourth-order valence-electron chi connectivity index (χ4n) is 5.78. The third-order valence-electron chi connectivity index (χ3n) is 8.50. The van der Waals surface area contributed by atoms with Crippen molar-refractivity contribution in [1.82, 2.24) is 19.4 Å². The number of hydrogen-bond donors (Lipinski definition) is 0. The molecule has 0 spiro atoms. The summed E-state index contributed by atoms with van der Waals surface area (Å²) in [4.78, 5) is 18.5. The summed E-state index contributed by atoms with van der Waals surface area (Å²) in [6.45, 7) is 16.0. The highest BCUT2D eigenvalue weighted by molar-refractivity contribution is 5.96. The minimum Gasteiger partial charge on any atom is -0.497 e. The number of methoxy groups -OCH3 is 1. The van der Waals surface area contributed by atoms with Crippen LogP contribution in [-0.4, -0.2) is 64.1 Å². The zero-order valence-electron chi connectivity index (χ0n) is 26.3. The largest absolute Gasteiger partial charge is 0.497 e. The van der Waals surface area contributed by atoms with Crippen molar-refractivity contribution in [3.05, 3.63) is 59.8 Å². The van der Waals surface area contributed by atoms with Crippen LogP contribution in [0.5, 0.6) is 5.75 Å². The molecule has 1 aliphatic rings. The van der Waals surface area contributed by atoms with Crippen LogP contribution in [0.15, 0.2) is 48.7 Å². The maximum absolute atomic E-state index is 13.8. The smallest absolute Gasteiger partial charge is 0.253 e. The number of likely N-dealkylation sites (tertiary alicyclic amines) is 1. The topological polar surface area (TPSA) is 50.1 Å². The molecule has 0 saturated carbocycles. The Bertz CT molecular complexity index is 1290. The molecule has 6 heteroatoms. The Kier molecular flexibility index (Phi) is 10.7. The minimum atomic E-state index is 0.104. The molecule has 0 aliphatic carbocycles. The van der Waals surface area contributed by atoms with Crippen molar-refractivity contribution in [3.63, 3.8) is 0 Å². The van der Waals surface area contributed by atoms with E-state index in [-0.39, 0.29) is 5.91 Å². The van der Waals surface area contributed by atoms with E-state index in [4.69, 9.17) is 9.84 Å². The summed E-state index contributed by atoms with van der Waals surface area (Å²) in [6, 6.07) is 13.2. The number of carbonyl (C=O) groups excluding carboxylic acids is 1. The average molecular weight is 559 g/mol. The van der Waals surface area contributed by atoms with Crippen LogP contribution in [0.25, 0.3) is 22.9 Å². The number of carbonyl (C=O) groups is 1. The number of amides is 1. The molecule has 3 heterocycles. The highest BCUT2D eigenvalue weighted by atomic mass is 16.5. The number of nitrogens with zero attached hydrogens (tertiary/aromatic N) is 4. The van der Waals surface area contributed by atoms with E-state index >= 15 is 0 Å². The summed E-state index contributed by atoms with van der Waals surface area (Å²) in [5, 5.41) is 4.98. The number of benzene rings is 1. The van der Waals surface area contributed by atoms with Crippen molar-refractivity contribution >= 4 is 17.5 Å². The van der Waals surface area contributed by atoms with Gasteiger partial charge in [-0.3, -0.25) is 9.69 Å². The minimum absolute atomic E-state index is 0.104. The van der Waals surface area contributed by atoms with Crippen LogP contribution in [-0.2, 0) is 0 Å². The number of pyridine rings is 1. The monoisotopic (exact) mass is 558 g/mol. The Hall–Kier alpha value is -3.12. The first-order valence-corrected chi connectivity index (χ1v) is 15.6. The molecule has 222 valence electrons. The molecule has 1 fully saturated rings. The van der Waals surface area contributed by atoms with Gasteiger partial charge in [-0.2, -0.15) is 5.10 Å². The molecule has 1 amide bonds. The van der Waals surface area contributed by atoms with Crippen molar-refractivity contribution in [3.8, 4) is 17.0 Å². The maximum atomic E-state index is 13.8. The predicted octanol–water partition coefficient (Wildman–Crippen LogP) is 7.82. The van der Waals surface area contributed by atoms with Crippen molar-refractivity contribution in [1.29, 1.82) is 0 Å². The summed E-state index contributed by atoms with van der Waals surface area (Å²) in [6.07, 6.45) is 12.2. The van der Waals surface area contributed by atoms with Gasteiger partial charge in [-0.15, -0.1) is 0 Å². The average Bonchev–Trinajstić information content (AvgIpc) is 3.31. The molecule has 41 heavy (non-hydrogen) atoms. The van der Waals surface area contributed by atoms with Crippen molar-refractivity contribution in [2.45, 2.75) is 85.7 Å². The van der Waals surface area contributed by atoms with E-state index in [0.717, 1.165) is 66.1 Å². The van der Waals surface area contributed by atoms with Gasteiger partial charge in [0.25, 0.3) is 5.91 Å². The molecule has 2 atom stereocenters. The highest BCUT2D eigenvalue weighted by Crippen LogP contribution is 2.30. The lowest BCUT2D eigenvalue weighted by atomic mass is 9.97. The van der Waals surface area contributed by atoms with Crippen LogP contribution in [0.4, 0.5) is 0 Å². The van der Waals surface area contributed by atoms with Gasteiger partial charge in [-0.05, 0) is 87.8 Å².